The van der Waals surface area contributed by atoms with Crippen molar-refractivity contribution in [3.05, 3.63) is 35.9 Å². The minimum atomic E-state index is 0.804. The highest BCUT2D eigenvalue weighted by molar-refractivity contribution is 5.79. The Bertz CT molecular complexity index is 406. The van der Waals surface area contributed by atoms with Crippen LogP contribution in [-0.4, -0.2) is 39.3 Å². The lowest BCUT2D eigenvalue weighted by molar-refractivity contribution is 0.133. The van der Waals surface area contributed by atoms with Crippen LogP contribution >= 0.6 is 0 Å². The Morgan fingerprint density at radius 3 is 2.30 bits per heavy atom. The average Bonchev–Trinajstić information content (AvgIpc) is 2.60. The fraction of sp³-hybridized carbons (Fsp3) is 0.632. The van der Waals surface area contributed by atoms with Crippen LogP contribution in [0.5, 0.6) is 0 Å². The van der Waals surface area contributed by atoms with E-state index in [1.54, 1.807) is 0 Å². The molecule has 0 aliphatic rings. The predicted octanol–water partition coefficient (Wildman–Crippen LogP) is 3.38. The van der Waals surface area contributed by atoms with E-state index in [-0.39, 0.29) is 0 Å². The van der Waals surface area contributed by atoms with Crippen molar-refractivity contribution in [3.63, 3.8) is 0 Å². The van der Waals surface area contributed by atoms with Gasteiger partial charge in [0.25, 0.3) is 0 Å². The molecule has 23 heavy (non-hydrogen) atoms. The molecule has 130 valence electrons. The number of aliphatic imine (C=N–C) groups is 1. The van der Waals surface area contributed by atoms with E-state index in [0.29, 0.717) is 0 Å². The van der Waals surface area contributed by atoms with Gasteiger partial charge in [-0.05, 0) is 31.2 Å². The van der Waals surface area contributed by atoms with Gasteiger partial charge >= 0.3 is 0 Å². The normalized spacial score (nSPS) is 11.5. The second kappa shape index (κ2) is 14.1. The lowest BCUT2D eigenvalue weighted by Gasteiger charge is -2.11. The summed E-state index contributed by atoms with van der Waals surface area (Å²) in [6.45, 7) is 5.79. The van der Waals surface area contributed by atoms with E-state index in [1.165, 1.54) is 24.8 Å². The number of rotatable bonds is 12. The number of guanidine groups is 1. The Balaban J connectivity index is 1.92. The molecular weight excluding hydrogens is 286 g/mol. The maximum atomic E-state index is 5.69. The van der Waals surface area contributed by atoms with Crippen LogP contribution in [0.1, 0.15) is 44.6 Å². The third kappa shape index (κ3) is 10.7. The maximum Gasteiger partial charge on any atom is 0.190 e. The van der Waals surface area contributed by atoms with Gasteiger partial charge in [-0.2, -0.15) is 0 Å². The number of unbranched alkanes of at least 4 members (excludes halogenated alkanes) is 3. The summed E-state index contributed by atoms with van der Waals surface area (Å²) >= 11 is 0. The van der Waals surface area contributed by atoms with Crippen molar-refractivity contribution in [2.75, 3.05) is 33.4 Å². The summed E-state index contributed by atoms with van der Waals surface area (Å²) in [4.78, 5) is 4.23. The smallest absolute Gasteiger partial charge is 0.190 e. The fourth-order valence-corrected chi connectivity index (χ4v) is 2.28. The quantitative estimate of drug-likeness (QED) is 0.353. The van der Waals surface area contributed by atoms with Crippen LogP contribution in [0.15, 0.2) is 35.3 Å². The number of hydrogen-bond acceptors (Lipinski definition) is 2. The molecule has 0 saturated carbocycles. The van der Waals surface area contributed by atoms with Crippen LogP contribution in [-0.2, 0) is 11.2 Å². The molecule has 0 amide bonds. The van der Waals surface area contributed by atoms with Gasteiger partial charge in [0.1, 0.15) is 0 Å². The Morgan fingerprint density at radius 1 is 0.957 bits per heavy atom. The summed E-state index contributed by atoms with van der Waals surface area (Å²) < 4.78 is 5.69. The van der Waals surface area contributed by atoms with E-state index in [1.807, 2.05) is 13.1 Å². The molecule has 2 N–H and O–H groups in total. The van der Waals surface area contributed by atoms with Crippen molar-refractivity contribution < 1.29 is 4.74 Å². The first-order valence-electron chi connectivity index (χ1n) is 8.93. The first-order chi connectivity index (χ1) is 11.4. The molecular formula is C19H33N3O. The summed E-state index contributed by atoms with van der Waals surface area (Å²) in [5, 5.41) is 6.69. The van der Waals surface area contributed by atoms with Crippen LogP contribution in [0.25, 0.3) is 0 Å². The Morgan fingerprint density at radius 2 is 1.65 bits per heavy atom. The van der Waals surface area contributed by atoms with Crippen molar-refractivity contribution in [1.29, 1.82) is 0 Å². The molecule has 0 aliphatic carbocycles. The molecule has 1 rings (SSSR count). The lowest BCUT2D eigenvalue weighted by atomic mass is 10.2. The van der Waals surface area contributed by atoms with E-state index in [4.69, 9.17) is 4.74 Å². The zero-order valence-corrected chi connectivity index (χ0v) is 14.8. The van der Waals surface area contributed by atoms with Crippen LogP contribution < -0.4 is 10.6 Å². The maximum absolute atomic E-state index is 5.69. The first-order valence-corrected chi connectivity index (χ1v) is 8.93. The van der Waals surface area contributed by atoms with Gasteiger partial charge in [0.2, 0.25) is 0 Å². The Labute approximate surface area is 141 Å². The summed E-state index contributed by atoms with van der Waals surface area (Å²) in [7, 11) is 1.82. The minimum absolute atomic E-state index is 0.804. The molecule has 1 aromatic carbocycles. The highest BCUT2D eigenvalue weighted by Crippen LogP contribution is 2.00. The molecule has 4 nitrogen and oxygen atoms in total. The van der Waals surface area contributed by atoms with E-state index < -0.39 is 0 Å². The second-order valence-corrected chi connectivity index (χ2v) is 5.69. The third-order valence-electron chi connectivity index (χ3n) is 3.68. The number of nitrogens with one attached hydrogen (secondary N) is 2. The van der Waals surface area contributed by atoms with Crippen LogP contribution in [0.4, 0.5) is 0 Å². The largest absolute Gasteiger partial charge is 0.381 e. The minimum Gasteiger partial charge on any atom is -0.381 e. The molecule has 0 radical (unpaired) electrons. The van der Waals surface area contributed by atoms with Gasteiger partial charge in [0.15, 0.2) is 5.96 Å². The molecule has 1 aromatic rings. The summed E-state index contributed by atoms with van der Waals surface area (Å²) in [5.74, 6) is 0.908. The Kier molecular flexibility index (Phi) is 11.9. The standard InChI is InChI=1S/C19H33N3O/c1-3-4-8-14-21-19(20-2)22-15-9-10-16-23-17-13-18-11-6-5-7-12-18/h5-7,11-12H,3-4,8-10,13-17H2,1-2H3,(H2,20,21,22). The van der Waals surface area contributed by atoms with E-state index in [0.717, 1.165) is 51.5 Å². The zero-order valence-electron chi connectivity index (χ0n) is 14.8. The summed E-state index contributed by atoms with van der Waals surface area (Å²) in [5.41, 5.74) is 1.34. The van der Waals surface area contributed by atoms with E-state index in [9.17, 15) is 0 Å². The molecule has 0 heterocycles. The molecule has 0 aliphatic heterocycles. The molecule has 0 bridgehead atoms. The van der Waals surface area contributed by atoms with Gasteiger partial charge in [-0.25, -0.2) is 0 Å². The first kappa shape index (κ1) is 19.5. The van der Waals surface area contributed by atoms with Crippen molar-refractivity contribution in [3.8, 4) is 0 Å². The number of benzene rings is 1. The molecule has 0 saturated heterocycles. The topological polar surface area (TPSA) is 45.7 Å². The van der Waals surface area contributed by atoms with Crippen molar-refractivity contribution in [2.45, 2.75) is 45.4 Å². The number of hydrogen-bond donors (Lipinski definition) is 2. The summed E-state index contributed by atoms with van der Waals surface area (Å²) in [6, 6.07) is 10.5. The zero-order chi connectivity index (χ0) is 16.6. The average molecular weight is 319 g/mol. The van der Waals surface area contributed by atoms with Crippen molar-refractivity contribution in [2.24, 2.45) is 4.99 Å². The molecule has 0 fully saturated rings. The van der Waals surface area contributed by atoms with Gasteiger partial charge in [0.05, 0.1) is 6.61 Å². The fourth-order valence-electron chi connectivity index (χ4n) is 2.28. The summed E-state index contributed by atoms with van der Waals surface area (Å²) in [6.07, 6.45) is 6.89. The van der Waals surface area contributed by atoms with Gasteiger partial charge in [-0.15, -0.1) is 0 Å². The van der Waals surface area contributed by atoms with E-state index >= 15 is 0 Å². The van der Waals surface area contributed by atoms with Crippen molar-refractivity contribution >= 4 is 5.96 Å². The van der Waals surface area contributed by atoms with Crippen LogP contribution in [0.2, 0.25) is 0 Å². The van der Waals surface area contributed by atoms with Gasteiger partial charge in [-0.3, -0.25) is 4.99 Å². The number of ether oxygens (including phenoxy) is 1. The van der Waals surface area contributed by atoms with Gasteiger partial charge < -0.3 is 15.4 Å². The molecule has 0 atom stereocenters. The van der Waals surface area contributed by atoms with E-state index in [2.05, 4.69) is 46.8 Å². The van der Waals surface area contributed by atoms with Crippen molar-refractivity contribution in [1.82, 2.24) is 10.6 Å². The second-order valence-electron chi connectivity index (χ2n) is 5.69. The van der Waals surface area contributed by atoms with Crippen LogP contribution in [0.3, 0.4) is 0 Å². The molecule has 0 spiro atoms. The predicted molar refractivity (Wildman–Crippen MR) is 99.1 cm³/mol. The monoisotopic (exact) mass is 319 g/mol. The SMILES string of the molecule is CCCCCNC(=NC)NCCCCOCCc1ccccc1. The lowest BCUT2D eigenvalue weighted by Crippen LogP contribution is -2.38. The van der Waals surface area contributed by atoms with Gasteiger partial charge in [-0.1, -0.05) is 50.1 Å². The molecule has 4 heteroatoms. The number of nitrogens with zero attached hydrogens (tertiary/aromatic N) is 1. The third-order valence-corrected chi connectivity index (χ3v) is 3.68. The van der Waals surface area contributed by atoms with Crippen LogP contribution in [0, 0.1) is 0 Å². The van der Waals surface area contributed by atoms with Gasteiger partial charge in [0, 0.05) is 26.7 Å². The Hall–Kier alpha value is -1.55. The molecule has 0 aromatic heterocycles. The molecule has 0 unspecified atom stereocenters. The highest BCUT2D eigenvalue weighted by Gasteiger charge is 1.97. The highest BCUT2D eigenvalue weighted by atomic mass is 16.5.